The number of nitrogens with one attached hydrogen (secondary N) is 1. The molecule has 0 amide bonds. The van der Waals surface area contributed by atoms with Gasteiger partial charge in [0.25, 0.3) is 0 Å². The molecule has 0 saturated heterocycles. The topological polar surface area (TPSA) is 58.9 Å². The van der Waals surface area contributed by atoms with Gasteiger partial charge in [0.1, 0.15) is 0 Å². The summed E-state index contributed by atoms with van der Waals surface area (Å²) in [6.07, 6.45) is -4.36. The zero-order chi connectivity index (χ0) is 16.2. The van der Waals surface area contributed by atoms with E-state index in [1.54, 1.807) is 6.07 Å². The van der Waals surface area contributed by atoms with Crippen LogP contribution in [0, 0.1) is 0 Å². The minimum atomic E-state index is -4.36. The summed E-state index contributed by atoms with van der Waals surface area (Å²) in [5.74, 6) is 0.507. The van der Waals surface area contributed by atoms with E-state index < -0.39 is 11.7 Å². The highest BCUT2D eigenvalue weighted by Gasteiger charge is 2.30. The van der Waals surface area contributed by atoms with Gasteiger partial charge in [0, 0.05) is 20.1 Å². The molecule has 22 heavy (non-hydrogen) atoms. The van der Waals surface area contributed by atoms with E-state index in [0.29, 0.717) is 18.1 Å². The Bertz CT molecular complexity index is 610. The molecule has 2 rings (SSSR count). The van der Waals surface area contributed by atoms with Gasteiger partial charge in [0.2, 0.25) is 5.95 Å². The Morgan fingerprint density at radius 1 is 1.32 bits per heavy atom. The van der Waals surface area contributed by atoms with E-state index in [-0.39, 0.29) is 6.54 Å². The molecule has 9 heteroatoms. The van der Waals surface area contributed by atoms with Crippen molar-refractivity contribution in [3.05, 3.63) is 35.4 Å². The molecule has 2 aromatic rings. The number of anilines is 1. The lowest BCUT2D eigenvalue weighted by Crippen LogP contribution is -2.29. The number of alkyl halides is 3. The van der Waals surface area contributed by atoms with Gasteiger partial charge in [-0.3, -0.25) is 0 Å². The standard InChI is InChI=1S/C13H17F3N6/c1-17-6-7-21(2)12-18-19-20-22(12)9-10-4-3-5-11(8-10)13(14,15)16/h3-5,8,17H,6-7,9H2,1-2H3. The van der Waals surface area contributed by atoms with Crippen molar-refractivity contribution in [1.29, 1.82) is 0 Å². The Kier molecular flexibility index (Phi) is 4.96. The van der Waals surface area contributed by atoms with Gasteiger partial charge in [-0.25, -0.2) is 4.68 Å². The number of likely N-dealkylation sites (N-methyl/N-ethyl adjacent to an activating group) is 2. The third kappa shape index (κ3) is 3.94. The molecule has 1 N–H and O–H groups in total. The molecule has 0 aliphatic rings. The van der Waals surface area contributed by atoms with Crippen LogP contribution in [0.25, 0.3) is 0 Å². The van der Waals surface area contributed by atoms with E-state index in [0.717, 1.165) is 18.7 Å². The number of nitrogens with zero attached hydrogens (tertiary/aromatic N) is 5. The molecular formula is C13H17F3N6. The molecule has 0 radical (unpaired) electrons. The van der Waals surface area contributed by atoms with Gasteiger partial charge in [-0.1, -0.05) is 17.2 Å². The number of rotatable bonds is 6. The number of benzene rings is 1. The molecule has 1 aromatic carbocycles. The Morgan fingerprint density at radius 3 is 2.77 bits per heavy atom. The first-order chi connectivity index (χ1) is 10.4. The molecule has 0 saturated carbocycles. The molecule has 1 aromatic heterocycles. The van der Waals surface area contributed by atoms with Gasteiger partial charge in [-0.2, -0.15) is 13.2 Å². The molecule has 120 valence electrons. The molecule has 0 aliphatic heterocycles. The fraction of sp³-hybridized carbons (Fsp3) is 0.462. The van der Waals surface area contributed by atoms with Crippen LogP contribution < -0.4 is 10.2 Å². The fourth-order valence-corrected chi connectivity index (χ4v) is 1.97. The predicted octanol–water partition coefficient (Wildman–Crippen LogP) is 1.40. The van der Waals surface area contributed by atoms with Crippen molar-refractivity contribution in [2.45, 2.75) is 12.7 Å². The Labute approximate surface area is 125 Å². The van der Waals surface area contributed by atoms with E-state index in [9.17, 15) is 13.2 Å². The second kappa shape index (κ2) is 6.73. The summed E-state index contributed by atoms with van der Waals surface area (Å²) in [6.45, 7) is 1.60. The van der Waals surface area contributed by atoms with Gasteiger partial charge in [0.05, 0.1) is 12.1 Å². The van der Waals surface area contributed by atoms with Crippen LogP contribution in [0.5, 0.6) is 0 Å². The first-order valence-electron chi connectivity index (χ1n) is 6.70. The molecule has 0 aliphatic carbocycles. The Balaban J connectivity index is 2.17. The summed E-state index contributed by atoms with van der Waals surface area (Å²) in [4.78, 5) is 1.84. The van der Waals surface area contributed by atoms with Crippen molar-refractivity contribution >= 4 is 5.95 Å². The van der Waals surface area contributed by atoms with Gasteiger partial charge >= 0.3 is 6.18 Å². The molecular weight excluding hydrogens is 297 g/mol. The highest BCUT2D eigenvalue weighted by molar-refractivity contribution is 5.30. The summed E-state index contributed by atoms with van der Waals surface area (Å²) in [5.41, 5.74) is -0.187. The van der Waals surface area contributed by atoms with Crippen molar-refractivity contribution < 1.29 is 13.2 Å². The number of tetrazole rings is 1. The van der Waals surface area contributed by atoms with E-state index in [1.807, 2.05) is 19.0 Å². The SMILES string of the molecule is CNCCN(C)c1nnnn1Cc1cccc(C(F)(F)F)c1. The van der Waals surface area contributed by atoms with Gasteiger partial charge in [-0.15, -0.1) is 0 Å². The van der Waals surface area contributed by atoms with E-state index in [4.69, 9.17) is 0 Å². The van der Waals surface area contributed by atoms with Crippen molar-refractivity contribution in [3.8, 4) is 0 Å². The van der Waals surface area contributed by atoms with Gasteiger partial charge in [-0.05, 0) is 35.2 Å². The first kappa shape index (κ1) is 16.2. The average molecular weight is 314 g/mol. The van der Waals surface area contributed by atoms with Crippen molar-refractivity contribution in [1.82, 2.24) is 25.5 Å². The van der Waals surface area contributed by atoms with Crippen LogP contribution in [0.15, 0.2) is 24.3 Å². The summed E-state index contributed by atoms with van der Waals surface area (Å²) in [6, 6.07) is 5.16. The summed E-state index contributed by atoms with van der Waals surface area (Å²) >= 11 is 0. The van der Waals surface area contributed by atoms with Crippen LogP contribution in [0.2, 0.25) is 0 Å². The lowest BCUT2D eigenvalue weighted by atomic mass is 10.1. The average Bonchev–Trinajstić information content (AvgIpc) is 2.92. The van der Waals surface area contributed by atoms with Gasteiger partial charge in [0.15, 0.2) is 0 Å². The first-order valence-corrected chi connectivity index (χ1v) is 6.70. The maximum Gasteiger partial charge on any atom is 0.416 e. The van der Waals surface area contributed by atoms with Crippen LogP contribution in [-0.4, -0.2) is 47.4 Å². The minimum absolute atomic E-state index is 0.177. The van der Waals surface area contributed by atoms with Crippen LogP contribution in [-0.2, 0) is 12.7 Å². The van der Waals surface area contributed by atoms with E-state index >= 15 is 0 Å². The Morgan fingerprint density at radius 2 is 2.09 bits per heavy atom. The molecule has 6 nitrogen and oxygen atoms in total. The Hall–Kier alpha value is -2.16. The second-order valence-electron chi connectivity index (χ2n) is 4.86. The molecule has 0 bridgehead atoms. The number of aromatic nitrogens is 4. The molecule has 0 spiro atoms. The van der Waals surface area contributed by atoms with Crippen molar-refractivity contribution in [3.63, 3.8) is 0 Å². The monoisotopic (exact) mass is 314 g/mol. The summed E-state index contributed by atoms with van der Waals surface area (Å²) < 4.78 is 39.7. The largest absolute Gasteiger partial charge is 0.416 e. The van der Waals surface area contributed by atoms with Crippen LogP contribution >= 0.6 is 0 Å². The number of halogens is 3. The minimum Gasteiger partial charge on any atom is -0.341 e. The lowest BCUT2D eigenvalue weighted by Gasteiger charge is -2.17. The molecule has 0 unspecified atom stereocenters. The third-order valence-electron chi connectivity index (χ3n) is 3.14. The van der Waals surface area contributed by atoms with Gasteiger partial charge < -0.3 is 10.2 Å². The van der Waals surface area contributed by atoms with E-state index in [1.165, 1.54) is 10.7 Å². The predicted molar refractivity (Wildman–Crippen MR) is 75.6 cm³/mol. The fourth-order valence-electron chi connectivity index (χ4n) is 1.97. The van der Waals surface area contributed by atoms with Crippen LogP contribution in [0.1, 0.15) is 11.1 Å². The van der Waals surface area contributed by atoms with Crippen LogP contribution in [0.3, 0.4) is 0 Å². The molecule has 1 heterocycles. The maximum atomic E-state index is 12.7. The highest BCUT2D eigenvalue weighted by atomic mass is 19.4. The van der Waals surface area contributed by atoms with Crippen LogP contribution in [0.4, 0.5) is 19.1 Å². The maximum absolute atomic E-state index is 12.7. The number of hydrogen-bond donors (Lipinski definition) is 1. The molecule has 0 fully saturated rings. The zero-order valence-corrected chi connectivity index (χ0v) is 12.3. The third-order valence-corrected chi connectivity index (χ3v) is 3.14. The summed E-state index contributed by atoms with van der Waals surface area (Å²) in [5, 5.41) is 14.4. The summed E-state index contributed by atoms with van der Waals surface area (Å²) in [7, 11) is 3.66. The quantitative estimate of drug-likeness (QED) is 0.873. The van der Waals surface area contributed by atoms with Crippen molar-refractivity contribution in [2.24, 2.45) is 0 Å². The zero-order valence-electron chi connectivity index (χ0n) is 12.3. The normalized spacial score (nSPS) is 11.7. The van der Waals surface area contributed by atoms with Crippen molar-refractivity contribution in [2.75, 3.05) is 32.1 Å². The smallest absolute Gasteiger partial charge is 0.341 e. The highest BCUT2D eigenvalue weighted by Crippen LogP contribution is 2.29. The lowest BCUT2D eigenvalue weighted by molar-refractivity contribution is -0.137. The number of hydrogen-bond acceptors (Lipinski definition) is 5. The molecule has 0 atom stereocenters. The second-order valence-corrected chi connectivity index (χ2v) is 4.86. The van der Waals surface area contributed by atoms with E-state index in [2.05, 4.69) is 20.8 Å².